The van der Waals surface area contributed by atoms with Crippen LogP contribution in [0.5, 0.6) is 0 Å². The van der Waals surface area contributed by atoms with Gasteiger partial charge in [-0.15, -0.1) is 0 Å². The highest BCUT2D eigenvalue weighted by Gasteiger charge is 2.35. The number of carboxylic acid groups (broad SMARTS) is 1. The lowest BCUT2D eigenvalue weighted by molar-refractivity contribution is 0.0520. The van der Waals surface area contributed by atoms with Crippen molar-refractivity contribution in [3.63, 3.8) is 0 Å². The molecule has 172 valence electrons. The number of ether oxygens (including phenoxy) is 1. The van der Waals surface area contributed by atoms with E-state index in [0.29, 0.717) is 29.9 Å². The van der Waals surface area contributed by atoms with E-state index in [2.05, 4.69) is 5.32 Å². The third-order valence-corrected chi connectivity index (χ3v) is 6.00. The van der Waals surface area contributed by atoms with Crippen LogP contribution < -0.4 is 15.8 Å². The normalized spacial score (nSPS) is 18.4. The number of amides is 1. The molecule has 2 N–H and O–H groups in total. The lowest BCUT2D eigenvalue weighted by Gasteiger charge is -2.44. The SMILES string of the molecule is Cc1c(N2CCC2CNC(=O)OC(C)(C)C)c(F)cn2c(=O)c(C(=O)O)cc(C3CC3)c12. The van der Waals surface area contributed by atoms with Crippen LogP contribution in [0.15, 0.2) is 17.1 Å². The molecule has 1 saturated heterocycles. The van der Waals surface area contributed by atoms with E-state index in [1.54, 1.807) is 27.7 Å². The van der Waals surface area contributed by atoms with Gasteiger partial charge in [0.1, 0.15) is 11.2 Å². The van der Waals surface area contributed by atoms with Gasteiger partial charge in [0.15, 0.2) is 5.82 Å². The molecule has 1 atom stereocenters. The fraction of sp³-hybridized carbons (Fsp3) is 0.522. The molecular weight excluding hydrogens is 417 g/mol. The van der Waals surface area contributed by atoms with Crippen molar-refractivity contribution in [3.8, 4) is 0 Å². The number of halogens is 1. The number of hydrogen-bond donors (Lipinski definition) is 2. The van der Waals surface area contributed by atoms with Gasteiger partial charge in [-0.2, -0.15) is 0 Å². The standard InChI is InChI=1S/C23H28FN3O5/c1-12-18-15(13-5-6-13)9-16(21(29)30)20(28)27(18)11-17(24)19(12)26-8-7-14(26)10-25-22(31)32-23(2,3)4/h9,11,13-14H,5-8,10H2,1-4H3,(H,25,31)(H,29,30). The zero-order valence-corrected chi connectivity index (χ0v) is 18.7. The first-order valence-corrected chi connectivity index (χ1v) is 10.8. The lowest BCUT2D eigenvalue weighted by atomic mass is 9.97. The number of anilines is 1. The highest BCUT2D eigenvalue weighted by Crippen LogP contribution is 2.44. The van der Waals surface area contributed by atoms with E-state index in [1.807, 2.05) is 4.90 Å². The minimum atomic E-state index is -1.32. The maximum absolute atomic E-state index is 15.2. The van der Waals surface area contributed by atoms with Crippen LogP contribution in [0.4, 0.5) is 14.9 Å². The van der Waals surface area contributed by atoms with Gasteiger partial charge in [0.25, 0.3) is 5.56 Å². The van der Waals surface area contributed by atoms with Gasteiger partial charge in [-0.3, -0.25) is 9.20 Å². The van der Waals surface area contributed by atoms with Gasteiger partial charge >= 0.3 is 12.1 Å². The Balaban J connectivity index is 1.69. The average Bonchev–Trinajstić information content (AvgIpc) is 3.48. The summed E-state index contributed by atoms with van der Waals surface area (Å²) in [4.78, 5) is 38.2. The van der Waals surface area contributed by atoms with E-state index in [4.69, 9.17) is 4.74 Å². The summed E-state index contributed by atoms with van der Waals surface area (Å²) in [6.07, 6.45) is 3.16. The molecule has 2 aliphatic rings. The molecule has 1 saturated carbocycles. The Bertz CT molecular complexity index is 1160. The van der Waals surface area contributed by atoms with E-state index < -0.39 is 29.0 Å². The van der Waals surface area contributed by atoms with E-state index >= 15 is 4.39 Å². The van der Waals surface area contributed by atoms with Gasteiger partial charge in [-0.25, -0.2) is 14.0 Å². The third-order valence-electron chi connectivity index (χ3n) is 6.00. The predicted octanol–water partition coefficient (Wildman–Crippen LogP) is 3.43. The summed E-state index contributed by atoms with van der Waals surface area (Å²) >= 11 is 0. The smallest absolute Gasteiger partial charge is 0.407 e. The zero-order valence-electron chi connectivity index (χ0n) is 18.7. The Labute approximate surface area is 185 Å². The van der Waals surface area contributed by atoms with Crippen LogP contribution in [-0.2, 0) is 4.74 Å². The number of nitrogens with zero attached hydrogens (tertiary/aromatic N) is 2. The lowest BCUT2D eigenvalue weighted by Crippen LogP contribution is -2.54. The van der Waals surface area contributed by atoms with Crippen LogP contribution in [0, 0.1) is 12.7 Å². The fourth-order valence-corrected chi connectivity index (χ4v) is 4.32. The summed E-state index contributed by atoms with van der Waals surface area (Å²) < 4.78 is 21.7. The van der Waals surface area contributed by atoms with Gasteiger partial charge < -0.3 is 20.1 Å². The van der Waals surface area contributed by atoms with E-state index in [-0.39, 0.29) is 17.5 Å². The minimum absolute atomic E-state index is 0.104. The van der Waals surface area contributed by atoms with Gasteiger partial charge in [-0.1, -0.05) is 0 Å². The van der Waals surface area contributed by atoms with Crippen molar-refractivity contribution in [2.75, 3.05) is 18.0 Å². The number of aryl methyl sites for hydroxylation is 1. The number of alkyl carbamates (subject to hydrolysis) is 1. The topological polar surface area (TPSA) is 100 Å². The predicted molar refractivity (Wildman–Crippen MR) is 117 cm³/mol. The second-order valence-electron chi connectivity index (χ2n) is 9.59. The van der Waals surface area contributed by atoms with Gasteiger partial charge in [0, 0.05) is 19.1 Å². The molecule has 1 aliphatic heterocycles. The number of carboxylic acids is 1. The van der Waals surface area contributed by atoms with E-state index in [1.165, 1.54) is 6.07 Å². The highest BCUT2D eigenvalue weighted by atomic mass is 19.1. The molecule has 9 heteroatoms. The molecule has 1 aliphatic carbocycles. The van der Waals surface area contributed by atoms with Crippen molar-refractivity contribution in [2.24, 2.45) is 0 Å². The molecule has 1 unspecified atom stereocenters. The highest BCUT2D eigenvalue weighted by molar-refractivity contribution is 5.89. The number of hydrogen-bond acceptors (Lipinski definition) is 5. The summed E-state index contributed by atoms with van der Waals surface area (Å²) in [5, 5.41) is 12.2. The molecule has 0 radical (unpaired) electrons. The van der Waals surface area contributed by atoms with Crippen molar-refractivity contribution in [1.29, 1.82) is 0 Å². The second kappa shape index (κ2) is 7.79. The van der Waals surface area contributed by atoms with Crippen LogP contribution in [0.1, 0.15) is 67.4 Å². The minimum Gasteiger partial charge on any atom is -0.477 e. The zero-order chi connectivity index (χ0) is 23.4. The maximum atomic E-state index is 15.2. The van der Waals surface area contributed by atoms with Gasteiger partial charge in [0.05, 0.1) is 17.4 Å². The number of fused-ring (bicyclic) bond motifs is 1. The van der Waals surface area contributed by atoms with Crippen LogP contribution in [-0.4, -0.2) is 46.3 Å². The monoisotopic (exact) mass is 445 g/mol. The Morgan fingerprint density at radius 1 is 1.28 bits per heavy atom. The fourth-order valence-electron chi connectivity index (χ4n) is 4.32. The van der Waals surface area contributed by atoms with Crippen LogP contribution >= 0.6 is 0 Å². The Hall–Kier alpha value is -3.10. The van der Waals surface area contributed by atoms with Crippen molar-refractivity contribution in [3.05, 3.63) is 45.1 Å². The number of carbonyl (C=O) groups is 2. The molecule has 0 spiro atoms. The molecule has 1 amide bonds. The van der Waals surface area contributed by atoms with Crippen molar-refractivity contribution in [1.82, 2.24) is 9.72 Å². The molecule has 8 nitrogen and oxygen atoms in total. The molecule has 2 aromatic rings. The molecular formula is C23H28FN3O5. The first-order chi connectivity index (χ1) is 15.0. The summed E-state index contributed by atoms with van der Waals surface area (Å²) in [6.45, 7) is 8.03. The number of rotatable bonds is 5. The number of carbonyl (C=O) groups excluding carboxylic acids is 1. The Kier molecular flexibility index (Phi) is 5.38. The first kappa shape index (κ1) is 22.1. The quantitative estimate of drug-likeness (QED) is 0.732. The summed E-state index contributed by atoms with van der Waals surface area (Å²) in [5.74, 6) is -1.74. The number of nitrogens with one attached hydrogen (secondary N) is 1. The molecule has 2 aromatic heterocycles. The molecule has 32 heavy (non-hydrogen) atoms. The Morgan fingerprint density at radius 3 is 2.50 bits per heavy atom. The van der Waals surface area contributed by atoms with E-state index in [9.17, 15) is 19.5 Å². The second-order valence-corrected chi connectivity index (χ2v) is 9.59. The van der Waals surface area contributed by atoms with Crippen molar-refractivity contribution >= 4 is 23.3 Å². The molecule has 0 bridgehead atoms. The summed E-state index contributed by atoms with van der Waals surface area (Å²) in [6, 6.07) is 1.34. The third kappa shape index (κ3) is 4.03. The van der Waals surface area contributed by atoms with E-state index in [0.717, 1.165) is 35.4 Å². The largest absolute Gasteiger partial charge is 0.477 e. The van der Waals surface area contributed by atoms with Crippen molar-refractivity contribution < 1.29 is 23.8 Å². The molecule has 3 heterocycles. The van der Waals surface area contributed by atoms with Crippen molar-refractivity contribution in [2.45, 2.75) is 64.5 Å². The Morgan fingerprint density at radius 2 is 1.97 bits per heavy atom. The van der Waals surface area contributed by atoms with Crippen LogP contribution in [0.2, 0.25) is 0 Å². The van der Waals surface area contributed by atoms with Crippen LogP contribution in [0.25, 0.3) is 5.52 Å². The summed E-state index contributed by atoms with van der Waals surface area (Å²) in [5.41, 5.74) is 0.636. The van der Waals surface area contributed by atoms with Gasteiger partial charge in [0.2, 0.25) is 0 Å². The maximum Gasteiger partial charge on any atom is 0.407 e. The van der Waals surface area contributed by atoms with Gasteiger partial charge in [-0.05, 0) is 70.1 Å². The number of pyridine rings is 2. The first-order valence-electron chi connectivity index (χ1n) is 10.8. The molecule has 4 rings (SSSR count). The molecule has 0 aromatic carbocycles. The number of aromatic nitrogens is 1. The summed E-state index contributed by atoms with van der Waals surface area (Å²) in [7, 11) is 0. The molecule has 2 fully saturated rings. The average molecular weight is 445 g/mol. The number of aromatic carboxylic acids is 1. The van der Waals surface area contributed by atoms with Crippen LogP contribution in [0.3, 0.4) is 0 Å².